The Hall–Kier alpha value is -3.15. The average Bonchev–Trinajstić information content (AvgIpc) is 3.22. The van der Waals surface area contributed by atoms with Crippen molar-refractivity contribution in [2.45, 2.75) is 33.7 Å². The van der Waals surface area contributed by atoms with Crippen molar-refractivity contribution in [3.05, 3.63) is 76.4 Å². The highest BCUT2D eigenvalue weighted by molar-refractivity contribution is 6.00. The highest BCUT2D eigenvalue weighted by atomic mass is 16.6. The Morgan fingerprint density at radius 2 is 1.85 bits per heavy atom. The summed E-state index contributed by atoms with van der Waals surface area (Å²) in [6.07, 6.45) is 0. The first-order chi connectivity index (χ1) is 12.9. The Labute approximate surface area is 157 Å². The zero-order chi connectivity index (χ0) is 19.6. The van der Waals surface area contributed by atoms with E-state index in [9.17, 15) is 9.59 Å². The van der Waals surface area contributed by atoms with Crippen LogP contribution in [0.1, 0.15) is 56.5 Å². The van der Waals surface area contributed by atoms with Gasteiger partial charge in [-0.1, -0.05) is 35.5 Å². The molecule has 0 bridgehead atoms. The van der Waals surface area contributed by atoms with Crippen molar-refractivity contribution in [1.82, 2.24) is 9.72 Å². The molecule has 0 aliphatic heterocycles. The molecule has 1 atom stereocenters. The number of hydrogen-bond donors (Lipinski definition) is 0. The van der Waals surface area contributed by atoms with E-state index in [1.165, 1.54) is 6.07 Å². The summed E-state index contributed by atoms with van der Waals surface area (Å²) in [4.78, 5) is 24.5. The molecule has 140 valence electrons. The van der Waals surface area contributed by atoms with Crippen molar-refractivity contribution < 1.29 is 18.8 Å². The third-order valence-corrected chi connectivity index (χ3v) is 4.62. The van der Waals surface area contributed by atoms with Gasteiger partial charge in [-0.05, 0) is 39.3 Å². The van der Waals surface area contributed by atoms with Crippen molar-refractivity contribution in [2.75, 3.05) is 6.61 Å². The fourth-order valence-corrected chi connectivity index (χ4v) is 3.28. The number of nitrogens with zero attached hydrogens (tertiary/aromatic N) is 2. The number of carbonyl (C=O) groups is 2. The molecule has 0 amide bonds. The van der Waals surface area contributed by atoms with E-state index >= 15 is 0 Å². The second kappa shape index (κ2) is 7.61. The molecule has 6 nitrogen and oxygen atoms in total. The highest BCUT2D eigenvalue weighted by Crippen LogP contribution is 2.25. The van der Waals surface area contributed by atoms with Gasteiger partial charge in [-0.3, -0.25) is 4.79 Å². The molecule has 0 saturated carbocycles. The Balaban J connectivity index is 1.75. The van der Waals surface area contributed by atoms with Gasteiger partial charge in [0.1, 0.15) is 0 Å². The number of Topliss-reactive ketones (excluding diaryl/α,β-unsaturated/α-hetero) is 1. The van der Waals surface area contributed by atoms with Crippen molar-refractivity contribution >= 4 is 11.8 Å². The molecule has 0 aliphatic rings. The fraction of sp³-hybridized carbons (Fsp3) is 0.286. The molecule has 3 aromatic rings. The summed E-state index contributed by atoms with van der Waals surface area (Å²) in [5.74, 6) is -0.960. The van der Waals surface area contributed by atoms with Crippen LogP contribution >= 0.6 is 0 Å². The van der Waals surface area contributed by atoms with Crippen LogP contribution < -0.4 is 0 Å². The van der Waals surface area contributed by atoms with Gasteiger partial charge >= 0.3 is 5.97 Å². The van der Waals surface area contributed by atoms with Gasteiger partial charge in [-0.25, -0.2) is 4.79 Å². The molecular weight excluding hydrogens is 344 g/mol. The Morgan fingerprint density at radius 1 is 1.15 bits per heavy atom. The van der Waals surface area contributed by atoms with Gasteiger partial charge in [-0.15, -0.1) is 0 Å². The zero-order valence-electron chi connectivity index (χ0n) is 15.9. The van der Waals surface area contributed by atoms with Gasteiger partial charge in [-0.2, -0.15) is 0 Å². The zero-order valence-corrected chi connectivity index (χ0v) is 15.9. The Morgan fingerprint density at radius 3 is 2.48 bits per heavy atom. The van der Waals surface area contributed by atoms with E-state index in [0.717, 1.165) is 17.0 Å². The van der Waals surface area contributed by atoms with E-state index in [1.807, 2.05) is 38.1 Å². The Bertz CT molecular complexity index is 969. The normalized spacial score (nSPS) is 12.0. The third-order valence-electron chi connectivity index (χ3n) is 4.62. The lowest BCUT2D eigenvalue weighted by molar-refractivity contribution is 0.0435. The minimum absolute atomic E-state index is 0.0107. The molecule has 0 spiro atoms. The van der Waals surface area contributed by atoms with Gasteiger partial charge < -0.3 is 13.8 Å². The van der Waals surface area contributed by atoms with Crippen LogP contribution in [0.25, 0.3) is 0 Å². The second-order valence-corrected chi connectivity index (χ2v) is 6.57. The van der Waals surface area contributed by atoms with E-state index in [4.69, 9.17) is 9.26 Å². The topological polar surface area (TPSA) is 74.3 Å². The highest BCUT2D eigenvalue weighted by Gasteiger charge is 2.21. The van der Waals surface area contributed by atoms with Crippen LogP contribution in [-0.4, -0.2) is 28.1 Å². The average molecular weight is 366 g/mol. The van der Waals surface area contributed by atoms with E-state index in [0.29, 0.717) is 11.3 Å². The van der Waals surface area contributed by atoms with Crippen molar-refractivity contribution in [3.8, 4) is 0 Å². The smallest absolute Gasteiger partial charge is 0.377 e. The molecular formula is C21H22N2O4. The van der Waals surface area contributed by atoms with Gasteiger partial charge in [0.15, 0.2) is 6.61 Å². The molecule has 0 radical (unpaired) electrons. The minimum atomic E-state index is -0.699. The molecule has 0 saturated heterocycles. The van der Waals surface area contributed by atoms with Crippen LogP contribution in [0.3, 0.4) is 0 Å². The monoisotopic (exact) mass is 366 g/mol. The summed E-state index contributed by atoms with van der Waals surface area (Å²) in [5, 5.41) is 3.64. The molecule has 2 aromatic heterocycles. The number of ether oxygens (including phenoxy) is 1. The summed E-state index contributed by atoms with van der Waals surface area (Å²) in [6.45, 7) is 7.32. The third kappa shape index (κ3) is 3.84. The van der Waals surface area contributed by atoms with Crippen LogP contribution in [0.15, 0.2) is 47.0 Å². The molecule has 27 heavy (non-hydrogen) atoms. The predicted molar refractivity (Wildman–Crippen MR) is 100 cm³/mol. The second-order valence-electron chi connectivity index (χ2n) is 6.57. The summed E-state index contributed by atoms with van der Waals surface area (Å²) < 4.78 is 12.0. The molecule has 3 rings (SSSR count). The van der Waals surface area contributed by atoms with Crippen molar-refractivity contribution in [1.29, 1.82) is 0 Å². The molecule has 0 N–H and O–H groups in total. The van der Waals surface area contributed by atoms with Crippen LogP contribution in [-0.2, 0) is 4.74 Å². The molecule has 0 unspecified atom stereocenters. The van der Waals surface area contributed by atoms with Crippen LogP contribution in [0, 0.1) is 20.8 Å². The maximum Gasteiger partial charge on any atom is 0.377 e. The lowest BCUT2D eigenvalue weighted by atomic mass is 10.1. The SMILES string of the molecule is Cc1cc(C(=O)OCC(=O)c2cc(C)n([C@@H](C)c3ccccc3)c2C)on1. The fourth-order valence-electron chi connectivity index (χ4n) is 3.28. The summed E-state index contributed by atoms with van der Waals surface area (Å²) in [5.41, 5.74) is 4.11. The number of carbonyl (C=O) groups excluding carboxylic acids is 2. The van der Waals surface area contributed by atoms with Crippen LogP contribution in [0.4, 0.5) is 0 Å². The van der Waals surface area contributed by atoms with Gasteiger partial charge in [0.2, 0.25) is 11.5 Å². The maximum atomic E-state index is 12.6. The lowest BCUT2D eigenvalue weighted by Gasteiger charge is -2.19. The molecule has 0 aliphatic carbocycles. The van der Waals surface area contributed by atoms with Crippen LogP contribution in [0.2, 0.25) is 0 Å². The number of ketones is 1. The number of benzene rings is 1. The van der Waals surface area contributed by atoms with E-state index in [1.54, 1.807) is 6.92 Å². The largest absolute Gasteiger partial charge is 0.451 e. The summed E-state index contributed by atoms with van der Waals surface area (Å²) >= 11 is 0. The Kier molecular flexibility index (Phi) is 5.26. The van der Waals surface area contributed by atoms with E-state index in [2.05, 4.69) is 28.8 Å². The summed E-state index contributed by atoms with van der Waals surface area (Å²) in [7, 11) is 0. The van der Waals surface area contributed by atoms with E-state index < -0.39 is 5.97 Å². The van der Waals surface area contributed by atoms with Crippen molar-refractivity contribution in [3.63, 3.8) is 0 Å². The van der Waals surface area contributed by atoms with Gasteiger partial charge in [0.05, 0.1) is 11.7 Å². The van der Waals surface area contributed by atoms with E-state index in [-0.39, 0.29) is 24.2 Å². The number of esters is 1. The number of hydrogen-bond acceptors (Lipinski definition) is 5. The maximum absolute atomic E-state index is 12.6. The quantitative estimate of drug-likeness (QED) is 0.486. The predicted octanol–water partition coefficient (Wildman–Crippen LogP) is 4.05. The standard InChI is InChI=1S/C21H22N2O4/c1-13-10-20(27-22-13)21(25)26-12-19(24)18-11-14(2)23(16(18)4)15(3)17-8-6-5-7-9-17/h5-11,15H,12H2,1-4H3/t15-/m0/s1. The van der Waals surface area contributed by atoms with Gasteiger partial charge in [0.25, 0.3) is 0 Å². The van der Waals surface area contributed by atoms with Crippen molar-refractivity contribution in [2.24, 2.45) is 0 Å². The lowest BCUT2D eigenvalue weighted by Crippen LogP contribution is -2.15. The number of aryl methyl sites for hydroxylation is 2. The van der Waals surface area contributed by atoms with Crippen LogP contribution in [0.5, 0.6) is 0 Å². The summed E-state index contributed by atoms with van der Waals surface area (Å²) in [6, 6.07) is 13.5. The first kappa shape index (κ1) is 18.6. The number of rotatable bonds is 6. The molecule has 1 aromatic carbocycles. The first-order valence-electron chi connectivity index (χ1n) is 8.75. The molecule has 2 heterocycles. The van der Waals surface area contributed by atoms with Gasteiger partial charge in [0, 0.05) is 23.0 Å². The minimum Gasteiger partial charge on any atom is -0.451 e. The first-order valence-corrected chi connectivity index (χ1v) is 8.75. The molecule has 6 heteroatoms. The molecule has 0 fully saturated rings. The number of aromatic nitrogens is 2.